The first-order valence-electron chi connectivity index (χ1n) is 6.39. The molecule has 2 rings (SSSR count). The largest absolute Gasteiger partial charge is 0.478 e. The summed E-state index contributed by atoms with van der Waals surface area (Å²) >= 11 is 1.57. The molecule has 1 saturated carbocycles. The Morgan fingerprint density at radius 1 is 1.56 bits per heavy atom. The van der Waals surface area contributed by atoms with Crippen molar-refractivity contribution < 1.29 is 9.90 Å². The number of anilines is 1. The molecule has 1 aromatic rings. The van der Waals surface area contributed by atoms with Gasteiger partial charge in [0.25, 0.3) is 0 Å². The number of nitrogens with one attached hydrogen (secondary N) is 1. The second-order valence-electron chi connectivity index (χ2n) is 4.69. The topological polar surface area (TPSA) is 49.3 Å². The van der Waals surface area contributed by atoms with Crippen LogP contribution in [0.25, 0.3) is 0 Å². The fraction of sp³-hybridized carbons (Fsp3) is 0.500. The normalized spacial score (nSPS) is 16.3. The third kappa shape index (κ3) is 2.99. The Hall–Kier alpha value is -1.16. The monoisotopic (exact) mass is 265 g/mol. The van der Waals surface area contributed by atoms with E-state index in [1.165, 1.54) is 12.8 Å². The van der Waals surface area contributed by atoms with Crippen LogP contribution in [0.3, 0.4) is 0 Å². The van der Waals surface area contributed by atoms with Crippen LogP contribution in [0.5, 0.6) is 0 Å². The summed E-state index contributed by atoms with van der Waals surface area (Å²) in [7, 11) is 0. The average molecular weight is 265 g/mol. The highest BCUT2D eigenvalue weighted by molar-refractivity contribution is 7.99. The van der Waals surface area contributed by atoms with Crippen molar-refractivity contribution >= 4 is 23.4 Å². The van der Waals surface area contributed by atoms with Gasteiger partial charge in [-0.05, 0) is 43.6 Å². The number of carboxylic acid groups (broad SMARTS) is 1. The predicted octanol–water partition coefficient (Wildman–Crippen LogP) is 3.71. The highest BCUT2D eigenvalue weighted by atomic mass is 32.2. The molecule has 1 atom stereocenters. The summed E-state index contributed by atoms with van der Waals surface area (Å²) in [6.45, 7) is 4.16. The van der Waals surface area contributed by atoms with Gasteiger partial charge in [-0.15, -0.1) is 11.8 Å². The number of carbonyl (C=O) groups is 1. The second-order valence-corrected chi connectivity index (χ2v) is 5.99. The molecule has 1 aromatic carbocycles. The molecule has 0 amide bonds. The fourth-order valence-corrected chi connectivity index (χ4v) is 2.93. The number of hydrogen-bond acceptors (Lipinski definition) is 3. The van der Waals surface area contributed by atoms with E-state index in [0.29, 0.717) is 17.5 Å². The number of thioether (sulfide) groups is 1. The van der Waals surface area contributed by atoms with E-state index in [9.17, 15) is 9.90 Å². The Labute approximate surface area is 112 Å². The van der Waals surface area contributed by atoms with E-state index in [0.717, 1.165) is 16.3 Å². The molecule has 4 heteroatoms. The molecule has 0 spiro atoms. The zero-order chi connectivity index (χ0) is 13.1. The first kappa shape index (κ1) is 13.3. The first-order valence-corrected chi connectivity index (χ1v) is 7.37. The van der Waals surface area contributed by atoms with Gasteiger partial charge in [-0.3, -0.25) is 0 Å². The second kappa shape index (κ2) is 5.65. The maximum absolute atomic E-state index is 11.4. The van der Waals surface area contributed by atoms with Crippen molar-refractivity contribution in [3.8, 4) is 0 Å². The van der Waals surface area contributed by atoms with E-state index in [1.807, 2.05) is 25.1 Å². The van der Waals surface area contributed by atoms with E-state index in [1.54, 1.807) is 11.8 Å². The van der Waals surface area contributed by atoms with E-state index >= 15 is 0 Å². The summed E-state index contributed by atoms with van der Waals surface area (Å²) in [6.07, 6.45) is 2.50. The SMILES string of the molecule is CCSc1cccc(NC(C)C2CC2)c1C(=O)O. The number of hydrogen-bond donors (Lipinski definition) is 2. The third-order valence-corrected chi connectivity index (χ3v) is 4.19. The third-order valence-electron chi connectivity index (χ3n) is 3.25. The molecule has 0 saturated heterocycles. The Bertz CT molecular complexity index is 443. The van der Waals surface area contributed by atoms with Crippen LogP contribution in [0.2, 0.25) is 0 Å². The number of aromatic carboxylic acids is 1. The Balaban J connectivity index is 2.26. The van der Waals surface area contributed by atoms with Gasteiger partial charge in [0, 0.05) is 10.9 Å². The lowest BCUT2D eigenvalue weighted by Crippen LogP contribution is -2.19. The smallest absolute Gasteiger partial charge is 0.338 e. The maximum Gasteiger partial charge on any atom is 0.338 e. The van der Waals surface area contributed by atoms with Gasteiger partial charge in [-0.25, -0.2) is 4.79 Å². The average Bonchev–Trinajstić information content (AvgIpc) is 3.12. The van der Waals surface area contributed by atoms with Crippen LogP contribution in [0.1, 0.15) is 37.0 Å². The van der Waals surface area contributed by atoms with Gasteiger partial charge in [-0.1, -0.05) is 13.0 Å². The molecule has 0 aromatic heterocycles. The van der Waals surface area contributed by atoms with Crippen molar-refractivity contribution in [3.63, 3.8) is 0 Å². The molecule has 3 nitrogen and oxygen atoms in total. The van der Waals surface area contributed by atoms with E-state index < -0.39 is 5.97 Å². The lowest BCUT2D eigenvalue weighted by molar-refractivity contribution is 0.0694. The van der Waals surface area contributed by atoms with Crippen molar-refractivity contribution in [2.45, 2.75) is 37.6 Å². The van der Waals surface area contributed by atoms with E-state index in [-0.39, 0.29) is 0 Å². The molecule has 1 fully saturated rings. The van der Waals surface area contributed by atoms with Gasteiger partial charge in [0.1, 0.15) is 0 Å². The highest BCUT2D eigenvalue weighted by Crippen LogP contribution is 2.35. The van der Waals surface area contributed by atoms with Crippen molar-refractivity contribution in [1.29, 1.82) is 0 Å². The molecule has 18 heavy (non-hydrogen) atoms. The van der Waals surface area contributed by atoms with Crippen molar-refractivity contribution in [2.75, 3.05) is 11.1 Å². The van der Waals surface area contributed by atoms with Gasteiger partial charge in [0.15, 0.2) is 0 Å². The summed E-state index contributed by atoms with van der Waals surface area (Å²) < 4.78 is 0. The minimum Gasteiger partial charge on any atom is -0.478 e. The van der Waals surface area contributed by atoms with Gasteiger partial charge in [-0.2, -0.15) is 0 Å². The summed E-state index contributed by atoms with van der Waals surface area (Å²) in [5, 5.41) is 12.7. The van der Waals surface area contributed by atoms with Crippen LogP contribution in [0, 0.1) is 5.92 Å². The summed E-state index contributed by atoms with van der Waals surface area (Å²) in [4.78, 5) is 12.3. The molecule has 0 bridgehead atoms. The molecule has 1 aliphatic rings. The van der Waals surface area contributed by atoms with Crippen LogP contribution in [-0.4, -0.2) is 22.9 Å². The molecule has 0 aliphatic heterocycles. The number of carboxylic acids is 1. The number of benzene rings is 1. The van der Waals surface area contributed by atoms with Crippen molar-refractivity contribution in [2.24, 2.45) is 5.92 Å². The molecule has 0 radical (unpaired) electrons. The fourth-order valence-electron chi connectivity index (χ4n) is 2.11. The first-order chi connectivity index (χ1) is 8.63. The molecule has 0 heterocycles. The number of rotatable bonds is 6. The zero-order valence-electron chi connectivity index (χ0n) is 10.8. The van der Waals surface area contributed by atoms with E-state index in [2.05, 4.69) is 12.2 Å². The van der Waals surface area contributed by atoms with Gasteiger partial charge in [0.2, 0.25) is 0 Å². The molecule has 1 unspecified atom stereocenters. The van der Waals surface area contributed by atoms with E-state index in [4.69, 9.17) is 0 Å². The molecule has 1 aliphatic carbocycles. The van der Waals surface area contributed by atoms with Crippen molar-refractivity contribution in [1.82, 2.24) is 0 Å². The quantitative estimate of drug-likeness (QED) is 0.770. The van der Waals surface area contributed by atoms with Gasteiger partial charge in [0.05, 0.1) is 11.3 Å². The Morgan fingerprint density at radius 2 is 2.28 bits per heavy atom. The Morgan fingerprint density at radius 3 is 2.83 bits per heavy atom. The predicted molar refractivity (Wildman–Crippen MR) is 75.6 cm³/mol. The van der Waals surface area contributed by atoms with Crippen LogP contribution >= 0.6 is 11.8 Å². The Kier molecular flexibility index (Phi) is 4.17. The standard InChI is InChI=1S/C14H19NO2S/c1-3-18-12-6-4-5-11(13(12)14(16)17)15-9(2)10-7-8-10/h4-6,9-10,15H,3,7-8H2,1-2H3,(H,16,17). The molecule has 98 valence electrons. The van der Waals surface area contributed by atoms with Crippen LogP contribution in [0.15, 0.2) is 23.1 Å². The van der Waals surface area contributed by atoms with Crippen LogP contribution < -0.4 is 5.32 Å². The highest BCUT2D eigenvalue weighted by Gasteiger charge is 2.28. The molecular weight excluding hydrogens is 246 g/mol. The minimum absolute atomic E-state index is 0.352. The molecular formula is C14H19NO2S. The van der Waals surface area contributed by atoms with Gasteiger partial charge >= 0.3 is 5.97 Å². The zero-order valence-corrected chi connectivity index (χ0v) is 11.6. The molecule has 2 N–H and O–H groups in total. The maximum atomic E-state index is 11.4. The van der Waals surface area contributed by atoms with Gasteiger partial charge < -0.3 is 10.4 Å². The lowest BCUT2D eigenvalue weighted by atomic mass is 10.1. The lowest BCUT2D eigenvalue weighted by Gasteiger charge is -2.17. The van der Waals surface area contributed by atoms with Crippen LogP contribution in [-0.2, 0) is 0 Å². The van der Waals surface area contributed by atoms with Crippen LogP contribution in [0.4, 0.5) is 5.69 Å². The summed E-state index contributed by atoms with van der Waals surface area (Å²) in [6, 6.07) is 6.02. The van der Waals surface area contributed by atoms with Crippen molar-refractivity contribution in [3.05, 3.63) is 23.8 Å². The summed E-state index contributed by atoms with van der Waals surface area (Å²) in [5.74, 6) is 0.730. The summed E-state index contributed by atoms with van der Waals surface area (Å²) in [5.41, 5.74) is 1.16. The minimum atomic E-state index is -0.850.